The van der Waals surface area contributed by atoms with E-state index in [9.17, 15) is 41.1 Å². The van der Waals surface area contributed by atoms with E-state index in [1.807, 2.05) is 0 Å². The predicted molar refractivity (Wildman–Crippen MR) is 102 cm³/mol. The molecule has 0 radical (unpaired) electrons. The number of nitrogen functional groups attached to an aromatic ring is 1. The Balaban J connectivity index is 2.87. The molecule has 0 aliphatic heterocycles. The molecule has 0 aliphatic carbocycles. The van der Waals surface area contributed by atoms with Gasteiger partial charge < -0.3 is 10.8 Å². The van der Waals surface area contributed by atoms with Gasteiger partial charge in [0.1, 0.15) is 27.1 Å². The monoisotopic (exact) mass is 457 g/mol. The molecule has 2 aromatic rings. The molecule has 0 atom stereocenters. The Hall–Kier alpha value is -3.32. The van der Waals surface area contributed by atoms with Crippen molar-refractivity contribution >= 4 is 37.3 Å². The summed E-state index contributed by atoms with van der Waals surface area (Å²) in [6, 6.07) is 2.76. The van der Waals surface area contributed by atoms with E-state index in [0.717, 1.165) is 4.57 Å². The molecule has 0 amide bonds. The van der Waals surface area contributed by atoms with Gasteiger partial charge in [-0.1, -0.05) is 0 Å². The fourth-order valence-electron chi connectivity index (χ4n) is 2.53. The van der Waals surface area contributed by atoms with E-state index >= 15 is 0 Å². The minimum Gasteiger partial charge on any atom is -0.493 e. The Kier molecular flexibility index (Phi) is 6.00. The van der Waals surface area contributed by atoms with Gasteiger partial charge >= 0.3 is 0 Å². The highest BCUT2D eigenvalue weighted by Gasteiger charge is 2.24. The molecular weight excluding hydrogens is 442 g/mol. The maximum atomic E-state index is 12.2. The lowest BCUT2D eigenvalue weighted by Crippen LogP contribution is -2.23. The Bertz CT molecular complexity index is 1390. The number of aromatic hydroxyl groups is 1. The van der Waals surface area contributed by atoms with Crippen molar-refractivity contribution in [3.05, 3.63) is 33.6 Å². The van der Waals surface area contributed by atoms with Crippen molar-refractivity contribution in [1.29, 1.82) is 5.26 Å². The zero-order valence-electron chi connectivity index (χ0n) is 15.4. The molecule has 0 saturated heterocycles. The molecule has 13 nitrogen and oxygen atoms in total. The van der Waals surface area contributed by atoms with Crippen LogP contribution in [0.3, 0.4) is 0 Å². The molecule has 0 fully saturated rings. The van der Waals surface area contributed by atoms with Crippen LogP contribution in [-0.4, -0.2) is 35.6 Å². The highest BCUT2D eigenvalue weighted by atomic mass is 32.2. The zero-order valence-corrected chi connectivity index (χ0v) is 17.1. The molecule has 1 heterocycles. The standard InChI is InChI=1S/C15H15N5O8S2/c1-3-20-14(21)8(6-16)7(2)13(15(20)22)19-18-10-5-11(29(23,24)25)9(17)4-12(10)30(26,27)28/h4-5,22H,3,17H2,1-2H3,(H,23,24,25)(H,26,27,28). The third-order valence-electron chi connectivity index (χ3n) is 3.99. The molecule has 0 bridgehead atoms. The number of rotatable bonds is 5. The third-order valence-corrected chi connectivity index (χ3v) is 5.78. The van der Waals surface area contributed by atoms with Crippen molar-refractivity contribution in [1.82, 2.24) is 4.57 Å². The minimum atomic E-state index is -4.96. The lowest BCUT2D eigenvalue weighted by Gasteiger charge is -2.11. The van der Waals surface area contributed by atoms with E-state index in [1.54, 1.807) is 6.07 Å². The maximum Gasteiger partial charge on any atom is 0.296 e. The molecule has 1 aromatic carbocycles. The van der Waals surface area contributed by atoms with E-state index in [4.69, 9.17) is 5.73 Å². The summed E-state index contributed by atoms with van der Waals surface area (Å²) in [5.74, 6) is -0.679. The molecular formula is C15H15N5O8S2. The highest BCUT2D eigenvalue weighted by molar-refractivity contribution is 7.86. The SMILES string of the molecule is CCn1c(O)c(N=Nc2cc(S(=O)(=O)O)c(N)cc2S(=O)(=O)O)c(C)c(C#N)c1=O. The summed E-state index contributed by atoms with van der Waals surface area (Å²) in [6.45, 7) is 2.75. The van der Waals surface area contributed by atoms with Gasteiger partial charge in [-0.25, -0.2) is 0 Å². The van der Waals surface area contributed by atoms with E-state index < -0.39 is 52.8 Å². The second-order valence-corrected chi connectivity index (χ2v) is 8.62. The smallest absolute Gasteiger partial charge is 0.296 e. The topological polar surface area (TPSA) is 225 Å². The second-order valence-electron chi connectivity index (χ2n) is 5.84. The average Bonchev–Trinajstić information content (AvgIpc) is 2.61. The molecule has 0 saturated carbocycles. The molecule has 0 spiro atoms. The van der Waals surface area contributed by atoms with Crippen LogP contribution in [0.2, 0.25) is 0 Å². The van der Waals surface area contributed by atoms with Gasteiger partial charge in [-0.05, 0) is 26.0 Å². The third kappa shape index (κ3) is 4.16. The second kappa shape index (κ2) is 7.84. The van der Waals surface area contributed by atoms with Gasteiger partial charge in [-0.2, -0.15) is 22.1 Å². The van der Waals surface area contributed by atoms with Crippen molar-refractivity contribution in [3.63, 3.8) is 0 Å². The summed E-state index contributed by atoms with van der Waals surface area (Å²) >= 11 is 0. The van der Waals surface area contributed by atoms with Crippen molar-refractivity contribution in [2.75, 3.05) is 5.73 Å². The first-order valence-electron chi connectivity index (χ1n) is 7.90. The minimum absolute atomic E-state index is 0.0345. The van der Waals surface area contributed by atoms with Gasteiger partial charge in [0.25, 0.3) is 25.8 Å². The summed E-state index contributed by atoms with van der Waals surface area (Å²) < 4.78 is 65.5. The van der Waals surface area contributed by atoms with E-state index in [2.05, 4.69) is 10.2 Å². The molecule has 15 heteroatoms. The fourth-order valence-corrected chi connectivity index (χ4v) is 3.78. The summed E-state index contributed by atoms with van der Waals surface area (Å²) in [7, 11) is -9.84. The van der Waals surface area contributed by atoms with Crippen molar-refractivity contribution in [2.24, 2.45) is 10.2 Å². The van der Waals surface area contributed by atoms with Crippen LogP contribution in [0.25, 0.3) is 0 Å². The number of azo groups is 1. The molecule has 2 rings (SSSR count). The molecule has 1 aromatic heterocycles. The van der Waals surface area contributed by atoms with E-state index in [1.165, 1.54) is 13.8 Å². The van der Waals surface area contributed by atoms with Crippen LogP contribution in [-0.2, 0) is 26.8 Å². The van der Waals surface area contributed by atoms with Crippen LogP contribution in [0.4, 0.5) is 17.1 Å². The van der Waals surface area contributed by atoms with Crippen molar-refractivity contribution in [2.45, 2.75) is 30.2 Å². The zero-order chi connectivity index (χ0) is 23.0. The number of pyridine rings is 1. The molecule has 5 N–H and O–H groups in total. The van der Waals surface area contributed by atoms with Gasteiger partial charge in [0.05, 0.1) is 5.69 Å². The van der Waals surface area contributed by atoms with Crippen LogP contribution >= 0.6 is 0 Å². The first-order chi connectivity index (χ1) is 13.7. The first-order valence-corrected chi connectivity index (χ1v) is 10.8. The number of hydrogen-bond acceptors (Lipinski definition) is 10. The Labute approximate surface area is 170 Å². The van der Waals surface area contributed by atoms with Gasteiger partial charge in [-0.15, -0.1) is 10.2 Å². The van der Waals surface area contributed by atoms with Gasteiger partial charge in [0, 0.05) is 12.1 Å². The summed E-state index contributed by atoms with van der Waals surface area (Å²) in [6.07, 6.45) is 0. The highest BCUT2D eigenvalue weighted by Crippen LogP contribution is 2.36. The summed E-state index contributed by atoms with van der Waals surface area (Å²) in [4.78, 5) is 10.3. The number of nitrogens with two attached hydrogens (primary N) is 1. The van der Waals surface area contributed by atoms with E-state index in [-0.39, 0.29) is 23.4 Å². The molecule has 160 valence electrons. The molecule has 0 unspecified atom stereocenters. The molecule has 0 aliphatic rings. The van der Waals surface area contributed by atoms with E-state index in [0.29, 0.717) is 12.1 Å². The Morgan fingerprint density at radius 3 is 2.17 bits per heavy atom. The lowest BCUT2D eigenvalue weighted by atomic mass is 10.1. The van der Waals surface area contributed by atoms with Crippen molar-refractivity contribution in [3.8, 4) is 11.9 Å². The van der Waals surface area contributed by atoms with Gasteiger partial charge in [0.2, 0.25) is 5.88 Å². The number of anilines is 1. The Morgan fingerprint density at radius 1 is 1.13 bits per heavy atom. The van der Waals surface area contributed by atoms with Crippen LogP contribution < -0.4 is 11.3 Å². The van der Waals surface area contributed by atoms with Crippen LogP contribution in [0.15, 0.2) is 36.9 Å². The fraction of sp³-hybridized carbons (Fsp3) is 0.200. The largest absolute Gasteiger partial charge is 0.493 e. The number of nitrogens with zero attached hydrogens (tertiary/aromatic N) is 4. The number of hydrogen-bond donors (Lipinski definition) is 4. The van der Waals surface area contributed by atoms with Gasteiger partial charge in [-0.3, -0.25) is 18.5 Å². The predicted octanol–water partition coefficient (Wildman–Crippen LogP) is 1.24. The summed E-state index contributed by atoms with van der Waals surface area (Å²) in [5.41, 5.74) is 2.40. The Morgan fingerprint density at radius 2 is 1.70 bits per heavy atom. The quantitative estimate of drug-likeness (QED) is 0.285. The lowest BCUT2D eigenvalue weighted by molar-refractivity contribution is 0.412. The van der Waals surface area contributed by atoms with Crippen molar-refractivity contribution < 1.29 is 31.0 Å². The van der Waals surface area contributed by atoms with Crippen LogP contribution in [0.5, 0.6) is 5.88 Å². The summed E-state index contributed by atoms with van der Waals surface area (Å²) in [5, 5.41) is 26.6. The van der Waals surface area contributed by atoms with Crippen LogP contribution in [0, 0.1) is 18.3 Å². The first kappa shape index (κ1) is 23.0. The maximum absolute atomic E-state index is 12.2. The van der Waals surface area contributed by atoms with Gasteiger partial charge in [0.15, 0.2) is 5.69 Å². The molecule has 30 heavy (non-hydrogen) atoms. The number of nitriles is 1. The van der Waals surface area contributed by atoms with Crippen LogP contribution in [0.1, 0.15) is 18.1 Å². The number of aromatic nitrogens is 1. The number of benzene rings is 1. The average molecular weight is 457 g/mol. The normalized spacial score (nSPS) is 12.2.